The number of halogens is 1. The van der Waals surface area contributed by atoms with Crippen molar-refractivity contribution < 1.29 is 19.1 Å². The molecule has 0 unspecified atom stereocenters. The monoisotopic (exact) mass is 553 g/mol. The van der Waals surface area contributed by atoms with Crippen LogP contribution in [-0.4, -0.2) is 34.4 Å². The summed E-state index contributed by atoms with van der Waals surface area (Å²) in [6.07, 6.45) is 3.83. The first-order valence-electron chi connectivity index (χ1n) is 12.8. The summed E-state index contributed by atoms with van der Waals surface area (Å²) < 4.78 is 12.6. The molecule has 0 spiro atoms. The van der Waals surface area contributed by atoms with Gasteiger partial charge in [0.25, 0.3) is 5.91 Å². The molecule has 0 aliphatic carbocycles. The number of amides is 1. The van der Waals surface area contributed by atoms with Crippen molar-refractivity contribution in [3.63, 3.8) is 0 Å². The molecule has 40 heavy (non-hydrogen) atoms. The third-order valence-electron chi connectivity index (χ3n) is 6.59. The zero-order valence-corrected chi connectivity index (χ0v) is 22.9. The van der Waals surface area contributed by atoms with Gasteiger partial charge in [-0.3, -0.25) is 4.79 Å². The predicted octanol–water partition coefficient (Wildman–Crippen LogP) is 6.06. The van der Waals surface area contributed by atoms with E-state index in [4.69, 9.17) is 21.1 Å². The summed E-state index contributed by atoms with van der Waals surface area (Å²) in [5.74, 6) is -0.292. The van der Waals surface area contributed by atoms with Crippen LogP contribution < -0.4 is 10.1 Å². The Kier molecular flexibility index (Phi) is 8.12. The van der Waals surface area contributed by atoms with Crippen molar-refractivity contribution >= 4 is 29.1 Å². The molecule has 0 fully saturated rings. The normalized spacial score (nSPS) is 11.7. The quantitative estimate of drug-likeness (QED) is 0.224. The fraction of sp³-hybridized carbons (Fsp3) is 0.156. The van der Waals surface area contributed by atoms with E-state index in [2.05, 4.69) is 10.3 Å². The van der Waals surface area contributed by atoms with Gasteiger partial charge in [0.2, 0.25) is 0 Å². The summed E-state index contributed by atoms with van der Waals surface area (Å²) in [6.45, 7) is 2.45. The van der Waals surface area contributed by atoms with Crippen LogP contribution >= 0.6 is 11.6 Å². The third kappa shape index (κ3) is 6.33. The molecular weight excluding hydrogens is 526 g/mol. The van der Waals surface area contributed by atoms with Gasteiger partial charge in [-0.25, -0.2) is 9.78 Å². The maximum atomic E-state index is 13.2. The van der Waals surface area contributed by atoms with E-state index < -0.39 is 17.9 Å². The fourth-order valence-electron chi connectivity index (χ4n) is 4.44. The van der Waals surface area contributed by atoms with Gasteiger partial charge in [-0.1, -0.05) is 66.2 Å². The molecule has 0 radical (unpaired) electrons. The molecule has 5 aromatic rings. The summed E-state index contributed by atoms with van der Waals surface area (Å²) in [7, 11) is 1.30. The zero-order valence-electron chi connectivity index (χ0n) is 22.1. The molecule has 8 heteroatoms. The fourth-order valence-corrected chi connectivity index (χ4v) is 4.56. The molecule has 2 heterocycles. The Labute approximate surface area is 237 Å². The van der Waals surface area contributed by atoms with Crippen molar-refractivity contribution in [2.24, 2.45) is 0 Å². The molecule has 1 atom stereocenters. The largest absolute Gasteiger partial charge is 0.489 e. The Morgan fingerprint density at radius 3 is 2.38 bits per heavy atom. The summed E-state index contributed by atoms with van der Waals surface area (Å²) in [4.78, 5) is 30.2. The molecular formula is C32H28ClN3O4. The van der Waals surface area contributed by atoms with Crippen molar-refractivity contribution in [2.45, 2.75) is 26.0 Å². The van der Waals surface area contributed by atoms with Crippen LogP contribution in [0.25, 0.3) is 16.8 Å². The number of nitrogens with zero attached hydrogens (tertiary/aromatic N) is 2. The molecule has 1 amide bonds. The van der Waals surface area contributed by atoms with Gasteiger partial charge in [0, 0.05) is 29.4 Å². The number of rotatable bonds is 9. The van der Waals surface area contributed by atoms with E-state index in [1.807, 2.05) is 98.0 Å². The average molecular weight is 554 g/mol. The summed E-state index contributed by atoms with van der Waals surface area (Å²) in [6, 6.07) is 25.9. The first-order chi connectivity index (χ1) is 19.4. The molecule has 202 valence electrons. The first-order valence-corrected chi connectivity index (χ1v) is 13.2. The number of carbonyl (C=O) groups excluding carboxylic acids is 2. The lowest BCUT2D eigenvalue weighted by Gasteiger charge is -2.16. The number of fused-ring (bicyclic) bond motifs is 1. The van der Waals surface area contributed by atoms with E-state index in [0.717, 1.165) is 27.8 Å². The topological polar surface area (TPSA) is 81.9 Å². The van der Waals surface area contributed by atoms with Gasteiger partial charge in [0.05, 0.1) is 7.11 Å². The minimum Gasteiger partial charge on any atom is -0.489 e. The minimum atomic E-state index is -0.884. The molecule has 0 saturated heterocycles. The highest BCUT2D eigenvalue weighted by Crippen LogP contribution is 2.26. The molecule has 1 N–H and O–H groups in total. The standard InChI is InChI=1S/C32H28ClN3O4/c1-21-16-30-34-29(19-36(30)18-27(21)24-10-12-25(33)13-11-24)31(37)35-28(32(38)39-2)17-22-8-14-26(15-9-22)40-20-23-6-4-3-5-7-23/h3-16,18-19,28H,17,20H2,1-2H3,(H,35,37)/t28-/m0/s1. The molecule has 0 saturated carbocycles. The van der Waals surface area contributed by atoms with Crippen molar-refractivity contribution in [2.75, 3.05) is 7.11 Å². The summed E-state index contributed by atoms with van der Waals surface area (Å²) in [5.41, 5.74) is 5.76. The van der Waals surface area contributed by atoms with Crippen LogP contribution in [0.15, 0.2) is 97.3 Å². The highest BCUT2D eigenvalue weighted by Gasteiger charge is 2.24. The Balaban J connectivity index is 1.28. The highest BCUT2D eigenvalue weighted by atomic mass is 35.5. The van der Waals surface area contributed by atoms with Crippen LogP contribution in [0.5, 0.6) is 5.75 Å². The van der Waals surface area contributed by atoms with E-state index >= 15 is 0 Å². The number of esters is 1. The van der Waals surface area contributed by atoms with Crippen molar-refractivity contribution in [3.8, 4) is 16.9 Å². The first kappa shape index (κ1) is 27.0. The number of benzene rings is 3. The van der Waals surface area contributed by atoms with Gasteiger partial charge < -0.3 is 19.2 Å². The molecule has 2 aromatic heterocycles. The van der Waals surface area contributed by atoms with Crippen molar-refractivity contribution in [1.82, 2.24) is 14.7 Å². The van der Waals surface area contributed by atoms with Gasteiger partial charge in [0.1, 0.15) is 29.7 Å². The maximum Gasteiger partial charge on any atom is 0.328 e. The van der Waals surface area contributed by atoms with Crippen LogP contribution in [0.1, 0.15) is 27.2 Å². The number of pyridine rings is 1. The van der Waals surface area contributed by atoms with Crippen LogP contribution in [0.2, 0.25) is 5.02 Å². The van der Waals surface area contributed by atoms with Crippen LogP contribution in [0, 0.1) is 6.92 Å². The number of aromatic nitrogens is 2. The Hall–Kier alpha value is -4.62. The second kappa shape index (κ2) is 12.1. The lowest BCUT2D eigenvalue weighted by Crippen LogP contribution is -2.43. The zero-order chi connectivity index (χ0) is 28.1. The molecule has 7 nitrogen and oxygen atoms in total. The molecule has 0 aliphatic rings. The summed E-state index contributed by atoms with van der Waals surface area (Å²) >= 11 is 6.04. The number of hydrogen-bond donors (Lipinski definition) is 1. The lowest BCUT2D eigenvalue weighted by molar-refractivity contribution is -0.142. The van der Waals surface area contributed by atoms with E-state index in [1.54, 1.807) is 10.6 Å². The lowest BCUT2D eigenvalue weighted by atomic mass is 10.0. The summed E-state index contributed by atoms with van der Waals surface area (Å²) in [5, 5.41) is 3.45. The molecule has 0 aliphatic heterocycles. The third-order valence-corrected chi connectivity index (χ3v) is 6.84. The van der Waals surface area contributed by atoms with Gasteiger partial charge in [0.15, 0.2) is 0 Å². The van der Waals surface area contributed by atoms with Crippen LogP contribution in [0.3, 0.4) is 0 Å². The van der Waals surface area contributed by atoms with Gasteiger partial charge in [-0.05, 0) is 59.5 Å². The Bertz CT molecular complexity index is 1630. The van der Waals surface area contributed by atoms with E-state index in [0.29, 0.717) is 23.0 Å². The average Bonchev–Trinajstić information content (AvgIpc) is 3.39. The maximum absolute atomic E-state index is 13.2. The minimum absolute atomic E-state index is 0.200. The van der Waals surface area contributed by atoms with Crippen molar-refractivity contribution in [3.05, 3.63) is 125 Å². The number of imidazole rings is 1. The Morgan fingerprint density at radius 1 is 0.950 bits per heavy atom. The highest BCUT2D eigenvalue weighted by molar-refractivity contribution is 6.30. The van der Waals surface area contributed by atoms with Crippen LogP contribution in [-0.2, 0) is 22.6 Å². The SMILES string of the molecule is COC(=O)[C@H](Cc1ccc(OCc2ccccc2)cc1)NC(=O)c1cn2cc(-c3ccc(Cl)cc3)c(C)cc2n1. The van der Waals surface area contributed by atoms with E-state index in [-0.39, 0.29) is 12.1 Å². The number of aryl methyl sites for hydroxylation is 1. The van der Waals surface area contributed by atoms with E-state index in [1.165, 1.54) is 7.11 Å². The second-order valence-corrected chi connectivity index (χ2v) is 9.88. The van der Waals surface area contributed by atoms with Gasteiger partial charge in [-0.15, -0.1) is 0 Å². The number of methoxy groups -OCH3 is 1. The molecule has 5 rings (SSSR count). The number of ether oxygens (including phenoxy) is 2. The van der Waals surface area contributed by atoms with E-state index in [9.17, 15) is 9.59 Å². The van der Waals surface area contributed by atoms with Crippen LogP contribution in [0.4, 0.5) is 0 Å². The molecule has 3 aromatic carbocycles. The number of carbonyl (C=O) groups is 2. The molecule has 0 bridgehead atoms. The smallest absolute Gasteiger partial charge is 0.328 e. The number of nitrogens with one attached hydrogen (secondary N) is 1. The number of hydrogen-bond acceptors (Lipinski definition) is 5. The van der Waals surface area contributed by atoms with Gasteiger partial charge in [-0.2, -0.15) is 0 Å². The van der Waals surface area contributed by atoms with Crippen molar-refractivity contribution in [1.29, 1.82) is 0 Å². The second-order valence-electron chi connectivity index (χ2n) is 9.44. The van der Waals surface area contributed by atoms with Gasteiger partial charge >= 0.3 is 5.97 Å². The predicted molar refractivity (Wildman–Crippen MR) is 155 cm³/mol. The Morgan fingerprint density at radius 2 is 1.68 bits per heavy atom.